The number of nitrogens with zero attached hydrogens (tertiary/aromatic N) is 4. The van der Waals surface area contributed by atoms with Crippen molar-refractivity contribution in [3.63, 3.8) is 0 Å². The van der Waals surface area contributed by atoms with E-state index in [1.807, 2.05) is 31.2 Å². The van der Waals surface area contributed by atoms with E-state index in [0.29, 0.717) is 22.0 Å². The molecule has 1 saturated heterocycles. The summed E-state index contributed by atoms with van der Waals surface area (Å²) in [5.41, 5.74) is 2.15. The molecule has 0 unspecified atom stereocenters. The summed E-state index contributed by atoms with van der Waals surface area (Å²) in [6.07, 6.45) is 5.18. The van der Waals surface area contributed by atoms with E-state index in [1.54, 1.807) is 10.6 Å². The number of fused-ring (bicyclic) bond motifs is 1. The fourth-order valence-corrected chi connectivity index (χ4v) is 5.35. The van der Waals surface area contributed by atoms with Gasteiger partial charge in [-0.3, -0.25) is 14.2 Å². The van der Waals surface area contributed by atoms with Gasteiger partial charge in [-0.1, -0.05) is 41.3 Å². The summed E-state index contributed by atoms with van der Waals surface area (Å²) in [4.78, 5) is 37.1. The Kier molecular flexibility index (Phi) is 6.72. The highest BCUT2D eigenvalue weighted by atomic mass is 32.2. The van der Waals surface area contributed by atoms with Crippen molar-refractivity contribution in [2.24, 2.45) is 0 Å². The Hall–Kier alpha value is -2.65. The lowest BCUT2D eigenvalue weighted by Gasteiger charge is -2.25. The van der Waals surface area contributed by atoms with Crippen molar-refractivity contribution >= 4 is 50.2 Å². The highest BCUT2D eigenvalue weighted by Gasteiger charge is 2.20. The van der Waals surface area contributed by atoms with Gasteiger partial charge in [0.15, 0.2) is 15.9 Å². The Balaban J connectivity index is 1.56. The average molecular weight is 456 g/mol. The molecule has 1 aliphatic heterocycles. The predicted octanol–water partition coefficient (Wildman–Crippen LogP) is 4.07. The number of benzene rings is 1. The zero-order chi connectivity index (χ0) is 21.8. The van der Waals surface area contributed by atoms with Gasteiger partial charge in [-0.25, -0.2) is 4.98 Å². The topological polar surface area (TPSA) is 80.1 Å². The SMILES string of the molecule is C=CCn1c(SCC(=O)Nc2cccc(C)c2)nc2nc(N3CCCCC3)sc2c1=O. The third-order valence-electron chi connectivity index (χ3n) is 5.04. The van der Waals surface area contributed by atoms with Crippen LogP contribution in [0.3, 0.4) is 0 Å². The maximum absolute atomic E-state index is 13.1. The number of carbonyl (C=O) groups is 1. The van der Waals surface area contributed by atoms with Crippen LogP contribution in [0.2, 0.25) is 0 Å². The summed E-state index contributed by atoms with van der Waals surface area (Å²) in [5.74, 6) is -0.00558. The predicted molar refractivity (Wildman–Crippen MR) is 128 cm³/mol. The zero-order valence-corrected chi connectivity index (χ0v) is 19.1. The molecule has 7 nitrogen and oxygen atoms in total. The number of hydrogen-bond acceptors (Lipinski definition) is 7. The summed E-state index contributed by atoms with van der Waals surface area (Å²) < 4.78 is 2.12. The summed E-state index contributed by atoms with van der Waals surface area (Å²) in [7, 11) is 0. The first kappa shape index (κ1) is 21.6. The number of allylic oxidation sites excluding steroid dienone is 1. The second kappa shape index (κ2) is 9.65. The van der Waals surface area contributed by atoms with Gasteiger partial charge in [0.25, 0.3) is 5.56 Å². The molecule has 0 aliphatic carbocycles. The molecule has 0 bridgehead atoms. The van der Waals surface area contributed by atoms with Crippen LogP contribution in [0, 0.1) is 6.92 Å². The van der Waals surface area contributed by atoms with Crippen LogP contribution in [0.25, 0.3) is 10.3 Å². The summed E-state index contributed by atoms with van der Waals surface area (Å²) in [6, 6.07) is 7.64. The van der Waals surface area contributed by atoms with Crippen molar-refractivity contribution in [3.8, 4) is 0 Å². The molecular weight excluding hydrogens is 430 g/mol. The second-order valence-corrected chi connectivity index (χ2v) is 9.42. The number of thiazole rings is 1. The molecule has 2 aromatic heterocycles. The van der Waals surface area contributed by atoms with E-state index in [-0.39, 0.29) is 17.2 Å². The first-order chi connectivity index (χ1) is 15.0. The van der Waals surface area contributed by atoms with E-state index in [9.17, 15) is 9.59 Å². The first-order valence-electron chi connectivity index (χ1n) is 10.3. The minimum absolute atomic E-state index is 0.132. The molecule has 1 aliphatic rings. The van der Waals surface area contributed by atoms with E-state index < -0.39 is 0 Å². The number of piperidine rings is 1. The molecule has 0 spiro atoms. The molecule has 0 saturated carbocycles. The molecule has 1 amide bonds. The van der Waals surface area contributed by atoms with Gasteiger partial charge < -0.3 is 10.2 Å². The van der Waals surface area contributed by atoms with Crippen molar-refractivity contribution in [2.45, 2.75) is 37.9 Å². The third kappa shape index (κ3) is 4.99. The van der Waals surface area contributed by atoms with Gasteiger partial charge in [0, 0.05) is 25.3 Å². The molecule has 1 N–H and O–H groups in total. The van der Waals surface area contributed by atoms with E-state index in [2.05, 4.69) is 26.8 Å². The largest absolute Gasteiger partial charge is 0.348 e. The fourth-order valence-electron chi connectivity index (χ4n) is 3.55. The maximum atomic E-state index is 13.1. The minimum Gasteiger partial charge on any atom is -0.348 e. The lowest BCUT2D eigenvalue weighted by molar-refractivity contribution is -0.113. The lowest BCUT2D eigenvalue weighted by Crippen LogP contribution is -2.29. The zero-order valence-electron chi connectivity index (χ0n) is 17.5. The van der Waals surface area contributed by atoms with Crippen molar-refractivity contribution in [2.75, 3.05) is 29.1 Å². The Morgan fingerprint density at radius 1 is 1.29 bits per heavy atom. The highest BCUT2D eigenvalue weighted by molar-refractivity contribution is 7.99. The second-order valence-electron chi connectivity index (χ2n) is 7.50. The number of nitrogens with one attached hydrogen (secondary N) is 1. The molecule has 31 heavy (non-hydrogen) atoms. The maximum Gasteiger partial charge on any atom is 0.274 e. The summed E-state index contributed by atoms with van der Waals surface area (Å²) >= 11 is 2.64. The van der Waals surface area contributed by atoms with Crippen LogP contribution in [0.4, 0.5) is 10.8 Å². The van der Waals surface area contributed by atoms with Crippen LogP contribution >= 0.6 is 23.1 Å². The fraction of sp³-hybridized carbons (Fsp3) is 0.364. The van der Waals surface area contributed by atoms with Crippen molar-refractivity contribution in [1.82, 2.24) is 14.5 Å². The van der Waals surface area contributed by atoms with Crippen LogP contribution in [-0.4, -0.2) is 39.3 Å². The van der Waals surface area contributed by atoms with Crippen LogP contribution in [-0.2, 0) is 11.3 Å². The minimum atomic E-state index is -0.151. The molecular formula is C22H25N5O2S2. The number of aryl methyl sites for hydroxylation is 1. The number of rotatable bonds is 7. The smallest absolute Gasteiger partial charge is 0.274 e. The Morgan fingerprint density at radius 2 is 2.10 bits per heavy atom. The molecule has 0 atom stereocenters. The summed E-state index contributed by atoms with van der Waals surface area (Å²) in [6.45, 7) is 7.99. The molecule has 1 fully saturated rings. The van der Waals surface area contributed by atoms with Gasteiger partial charge in [0.1, 0.15) is 4.70 Å². The molecule has 0 radical (unpaired) electrons. The van der Waals surface area contributed by atoms with Crippen LogP contribution in [0.1, 0.15) is 24.8 Å². The molecule has 3 heterocycles. The van der Waals surface area contributed by atoms with E-state index in [4.69, 9.17) is 0 Å². The number of hydrogen-bond donors (Lipinski definition) is 1. The molecule has 4 rings (SSSR count). The Bertz CT molecular complexity index is 1160. The van der Waals surface area contributed by atoms with Gasteiger partial charge in [-0.05, 0) is 43.9 Å². The number of thioether (sulfide) groups is 1. The van der Waals surface area contributed by atoms with Gasteiger partial charge >= 0.3 is 0 Å². The van der Waals surface area contributed by atoms with Crippen molar-refractivity contribution < 1.29 is 4.79 Å². The van der Waals surface area contributed by atoms with Crippen LogP contribution < -0.4 is 15.8 Å². The van der Waals surface area contributed by atoms with E-state index >= 15 is 0 Å². The number of aromatic nitrogens is 3. The van der Waals surface area contributed by atoms with Crippen LogP contribution in [0.15, 0.2) is 46.9 Å². The molecule has 9 heteroatoms. The van der Waals surface area contributed by atoms with Gasteiger partial charge in [-0.15, -0.1) is 6.58 Å². The lowest BCUT2D eigenvalue weighted by atomic mass is 10.1. The quantitative estimate of drug-likeness (QED) is 0.329. The van der Waals surface area contributed by atoms with Gasteiger partial charge in [0.2, 0.25) is 5.91 Å². The number of anilines is 2. The molecule has 162 valence electrons. The third-order valence-corrected chi connectivity index (χ3v) is 7.11. The van der Waals surface area contributed by atoms with Crippen molar-refractivity contribution in [1.29, 1.82) is 0 Å². The molecule has 3 aromatic rings. The normalized spacial score (nSPS) is 14.0. The Morgan fingerprint density at radius 3 is 2.84 bits per heavy atom. The monoisotopic (exact) mass is 455 g/mol. The number of carbonyl (C=O) groups excluding carboxylic acids is 1. The highest BCUT2D eigenvalue weighted by Crippen LogP contribution is 2.29. The molecule has 1 aromatic carbocycles. The van der Waals surface area contributed by atoms with E-state index in [0.717, 1.165) is 42.3 Å². The van der Waals surface area contributed by atoms with Crippen molar-refractivity contribution in [3.05, 3.63) is 52.8 Å². The summed E-state index contributed by atoms with van der Waals surface area (Å²) in [5, 5.41) is 4.22. The number of amides is 1. The standard InChI is InChI=1S/C22H25N5O2S2/c1-3-10-27-20(29)18-19(24-21(31-18)26-11-5-4-6-12-26)25-22(27)30-14-17(28)23-16-9-7-8-15(2)13-16/h3,7-9,13H,1,4-6,10-12,14H2,2H3,(H,23,28). The average Bonchev–Trinajstić information content (AvgIpc) is 3.20. The van der Waals surface area contributed by atoms with Gasteiger partial charge in [0.05, 0.1) is 5.75 Å². The van der Waals surface area contributed by atoms with Gasteiger partial charge in [-0.2, -0.15) is 4.98 Å². The Labute approximate surface area is 189 Å². The first-order valence-corrected chi connectivity index (χ1v) is 12.1. The van der Waals surface area contributed by atoms with Crippen LogP contribution in [0.5, 0.6) is 0 Å². The van der Waals surface area contributed by atoms with E-state index in [1.165, 1.54) is 29.5 Å².